The third-order valence-corrected chi connectivity index (χ3v) is 5.43. The van der Waals surface area contributed by atoms with Gasteiger partial charge in [-0.15, -0.1) is 0 Å². The van der Waals surface area contributed by atoms with Gasteiger partial charge in [-0.05, 0) is 24.0 Å². The normalized spacial score (nSPS) is 12.4. The SMILES string of the molecule is CCCCCCCCCC(CCCCCCC)Cc1ccccc1O. The van der Waals surface area contributed by atoms with Gasteiger partial charge in [-0.3, -0.25) is 0 Å². The van der Waals surface area contributed by atoms with E-state index in [2.05, 4.69) is 26.0 Å². The van der Waals surface area contributed by atoms with E-state index >= 15 is 0 Å². The largest absolute Gasteiger partial charge is 0.508 e. The molecule has 0 aliphatic rings. The molecule has 0 saturated heterocycles. The van der Waals surface area contributed by atoms with Crippen LogP contribution in [0.2, 0.25) is 0 Å². The molecule has 1 atom stereocenters. The average molecular weight is 347 g/mol. The molecule has 0 radical (unpaired) electrons. The Labute approximate surface area is 157 Å². The fourth-order valence-electron chi connectivity index (χ4n) is 3.77. The summed E-state index contributed by atoms with van der Waals surface area (Å²) in [4.78, 5) is 0. The first-order chi connectivity index (χ1) is 12.3. The van der Waals surface area contributed by atoms with Crippen LogP contribution in [0.1, 0.15) is 109 Å². The van der Waals surface area contributed by atoms with Crippen molar-refractivity contribution in [2.24, 2.45) is 5.92 Å². The molecule has 0 aromatic heterocycles. The third-order valence-electron chi connectivity index (χ3n) is 5.43. The maximum absolute atomic E-state index is 10.1. The molecule has 0 spiro atoms. The Hall–Kier alpha value is -0.980. The molecule has 1 aromatic rings. The van der Waals surface area contributed by atoms with E-state index in [1.54, 1.807) is 0 Å². The maximum Gasteiger partial charge on any atom is 0.118 e. The Balaban J connectivity index is 2.33. The van der Waals surface area contributed by atoms with Crippen LogP contribution in [-0.2, 0) is 6.42 Å². The van der Waals surface area contributed by atoms with Gasteiger partial charge in [0.15, 0.2) is 0 Å². The topological polar surface area (TPSA) is 20.2 Å². The number of para-hydroxylation sites is 1. The minimum absolute atomic E-state index is 0.484. The molecule has 1 N–H and O–H groups in total. The van der Waals surface area contributed by atoms with E-state index in [9.17, 15) is 5.11 Å². The van der Waals surface area contributed by atoms with Crippen LogP contribution in [0.15, 0.2) is 24.3 Å². The van der Waals surface area contributed by atoms with Crippen LogP contribution in [-0.4, -0.2) is 5.11 Å². The number of phenolic OH excluding ortho intramolecular Hbond substituents is 1. The summed E-state index contributed by atoms with van der Waals surface area (Å²) in [7, 11) is 0. The molecule has 0 aliphatic carbocycles. The second-order valence-corrected chi connectivity index (χ2v) is 7.81. The van der Waals surface area contributed by atoms with Crippen LogP contribution in [0.5, 0.6) is 5.75 Å². The summed E-state index contributed by atoms with van der Waals surface area (Å²) in [6.07, 6.45) is 20.2. The van der Waals surface area contributed by atoms with Crippen molar-refractivity contribution >= 4 is 0 Å². The van der Waals surface area contributed by atoms with E-state index in [0.29, 0.717) is 5.75 Å². The smallest absolute Gasteiger partial charge is 0.118 e. The van der Waals surface area contributed by atoms with Crippen molar-refractivity contribution in [1.82, 2.24) is 0 Å². The molecular weight excluding hydrogens is 304 g/mol. The lowest BCUT2D eigenvalue weighted by Crippen LogP contribution is -2.05. The first-order valence-corrected chi connectivity index (χ1v) is 11.0. The molecule has 144 valence electrons. The second-order valence-electron chi connectivity index (χ2n) is 7.81. The molecule has 1 rings (SSSR count). The number of benzene rings is 1. The predicted molar refractivity (Wildman–Crippen MR) is 111 cm³/mol. The van der Waals surface area contributed by atoms with E-state index in [1.807, 2.05) is 12.1 Å². The number of hydrogen-bond donors (Lipinski definition) is 1. The lowest BCUT2D eigenvalue weighted by molar-refractivity contribution is 0.391. The number of phenols is 1. The van der Waals surface area contributed by atoms with E-state index in [1.165, 1.54) is 89.9 Å². The standard InChI is InChI=1S/C24H42O/c1-3-5-7-9-10-12-14-18-22(17-13-11-8-6-4-2)21-23-19-15-16-20-24(23)25/h15-16,19-20,22,25H,3-14,17-18,21H2,1-2H3. The van der Waals surface area contributed by atoms with Crippen LogP contribution < -0.4 is 0 Å². The van der Waals surface area contributed by atoms with Crippen LogP contribution in [0.4, 0.5) is 0 Å². The van der Waals surface area contributed by atoms with Gasteiger partial charge in [-0.2, -0.15) is 0 Å². The zero-order chi connectivity index (χ0) is 18.2. The van der Waals surface area contributed by atoms with Crippen molar-refractivity contribution in [1.29, 1.82) is 0 Å². The van der Waals surface area contributed by atoms with Crippen LogP contribution in [0, 0.1) is 5.92 Å². The highest BCUT2D eigenvalue weighted by molar-refractivity contribution is 5.32. The van der Waals surface area contributed by atoms with Gasteiger partial charge in [0.25, 0.3) is 0 Å². The number of unbranched alkanes of at least 4 members (excludes halogenated alkanes) is 10. The van der Waals surface area contributed by atoms with Gasteiger partial charge in [0.2, 0.25) is 0 Å². The quantitative estimate of drug-likeness (QED) is 0.300. The summed E-state index contributed by atoms with van der Waals surface area (Å²) < 4.78 is 0. The number of rotatable bonds is 16. The number of aromatic hydroxyl groups is 1. The monoisotopic (exact) mass is 346 g/mol. The second kappa shape index (κ2) is 15.3. The Bertz CT molecular complexity index is 412. The molecular formula is C24H42O. The molecule has 1 nitrogen and oxygen atoms in total. The average Bonchev–Trinajstić information content (AvgIpc) is 2.62. The van der Waals surface area contributed by atoms with Crippen molar-refractivity contribution in [3.63, 3.8) is 0 Å². The summed E-state index contributed by atoms with van der Waals surface area (Å²) in [6.45, 7) is 4.56. The van der Waals surface area contributed by atoms with Gasteiger partial charge in [0.1, 0.15) is 5.75 Å². The van der Waals surface area contributed by atoms with E-state index < -0.39 is 0 Å². The number of hydrogen-bond acceptors (Lipinski definition) is 1. The molecule has 1 unspecified atom stereocenters. The third kappa shape index (κ3) is 11.3. The highest BCUT2D eigenvalue weighted by atomic mass is 16.3. The van der Waals surface area contributed by atoms with E-state index in [0.717, 1.165) is 17.9 Å². The van der Waals surface area contributed by atoms with Gasteiger partial charge in [-0.1, -0.05) is 122 Å². The molecule has 25 heavy (non-hydrogen) atoms. The van der Waals surface area contributed by atoms with Crippen LogP contribution >= 0.6 is 0 Å². The molecule has 0 fully saturated rings. The molecule has 0 aliphatic heterocycles. The Morgan fingerprint density at radius 3 is 1.68 bits per heavy atom. The zero-order valence-corrected chi connectivity index (χ0v) is 16.9. The summed E-state index contributed by atoms with van der Waals surface area (Å²) in [5.74, 6) is 1.23. The maximum atomic E-state index is 10.1. The molecule has 0 saturated carbocycles. The molecule has 1 heteroatoms. The van der Waals surface area contributed by atoms with Gasteiger partial charge < -0.3 is 5.11 Å². The van der Waals surface area contributed by atoms with Crippen molar-refractivity contribution in [3.05, 3.63) is 29.8 Å². The highest BCUT2D eigenvalue weighted by Gasteiger charge is 2.12. The first-order valence-electron chi connectivity index (χ1n) is 11.0. The van der Waals surface area contributed by atoms with E-state index in [-0.39, 0.29) is 0 Å². The van der Waals surface area contributed by atoms with Crippen molar-refractivity contribution in [2.75, 3.05) is 0 Å². The first kappa shape index (κ1) is 22.1. The van der Waals surface area contributed by atoms with Crippen molar-refractivity contribution < 1.29 is 5.11 Å². The van der Waals surface area contributed by atoms with Gasteiger partial charge in [-0.25, -0.2) is 0 Å². The lowest BCUT2D eigenvalue weighted by atomic mass is 9.88. The summed E-state index contributed by atoms with van der Waals surface area (Å²) in [6, 6.07) is 7.92. The van der Waals surface area contributed by atoms with Crippen molar-refractivity contribution in [2.45, 2.75) is 110 Å². The highest BCUT2D eigenvalue weighted by Crippen LogP contribution is 2.26. The van der Waals surface area contributed by atoms with Gasteiger partial charge in [0, 0.05) is 0 Å². The lowest BCUT2D eigenvalue weighted by Gasteiger charge is -2.18. The molecule has 0 heterocycles. The Morgan fingerprint density at radius 1 is 0.680 bits per heavy atom. The van der Waals surface area contributed by atoms with Crippen LogP contribution in [0.3, 0.4) is 0 Å². The molecule has 1 aromatic carbocycles. The van der Waals surface area contributed by atoms with Gasteiger partial charge >= 0.3 is 0 Å². The zero-order valence-electron chi connectivity index (χ0n) is 16.9. The van der Waals surface area contributed by atoms with Crippen LogP contribution in [0.25, 0.3) is 0 Å². The fraction of sp³-hybridized carbons (Fsp3) is 0.750. The fourth-order valence-corrected chi connectivity index (χ4v) is 3.77. The van der Waals surface area contributed by atoms with Gasteiger partial charge in [0.05, 0.1) is 0 Å². The molecule has 0 bridgehead atoms. The van der Waals surface area contributed by atoms with Crippen molar-refractivity contribution in [3.8, 4) is 5.75 Å². The molecule has 0 amide bonds. The summed E-state index contributed by atoms with van der Waals surface area (Å²) >= 11 is 0. The minimum Gasteiger partial charge on any atom is -0.508 e. The summed E-state index contributed by atoms with van der Waals surface area (Å²) in [5.41, 5.74) is 1.14. The summed E-state index contributed by atoms with van der Waals surface area (Å²) in [5, 5.41) is 10.1. The Kier molecular flexibility index (Phi) is 13.5. The van der Waals surface area contributed by atoms with E-state index in [4.69, 9.17) is 0 Å². The predicted octanol–water partition coefficient (Wildman–Crippen LogP) is 8.05. The Morgan fingerprint density at radius 2 is 1.16 bits per heavy atom. The minimum atomic E-state index is 0.484.